The zero-order valence-electron chi connectivity index (χ0n) is 13.8. The van der Waals surface area contributed by atoms with Gasteiger partial charge in [-0.3, -0.25) is 0 Å². The van der Waals surface area contributed by atoms with E-state index in [0.29, 0.717) is 10.8 Å². The summed E-state index contributed by atoms with van der Waals surface area (Å²) in [7, 11) is 0. The molecule has 0 aromatic heterocycles. The Balaban J connectivity index is 2.01. The number of hydrogen-bond donors (Lipinski definition) is 0. The molecule has 3 aliphatic rings. The van der Waals surface area contributed by atoms with E-state index in [-0.39, 0.29) is 0 Å². The van der Waals surface area contributed by atoms with Crippen LogP contribution in [-0.2, 0) is 0 Å². The third-order valence-electron chi connectivity index (χ3n) is 7.58. The highest BCUT2D eigenvalue weighted by atomic mass is 14.7. The van der Waals surface area contributed by atoms with Gasteiger partial charge < -0.3 is 0 Å². The van der Waals surface area contributed by atoms with E-state index in [2.05, 4.69) is 34.6 Å². The predicted octanol–water partition coefficient (Wildman–Crippen LogP) is 5.91. The average molecular weight is 262 g/mol. The van der Waals surface area contributed by atoms with Crippen LogP contribution in [0.2, 0.25) is 0 Å². The fraction of sp³-hybridized carbons (Fsp3) is 1.00. The molecule has 0 N–H and O–H groups in total. The van der Waals surface area contributed by atoms with Crippen LogP contribution in [0.4, 0.5) is 0 Å². The van der Waals surface area contributed by atoms with E-state index in [1.165, 1.54) is 32.1 Å². The predicted molar refractivity (Wildman–Crippen MR) is 83.0 cm³/mol. The van der Waals surface area contributed by atoms with Crippen LogP contribution in [0.25, 0.3) is 0 Å². The second kappa shape index (κ2) is 4.50. The van der Waals surface area contributed by atoms with Gasteiger partial charge in [-0.15, -0.1) is 0 Å². The second-order valence-corrected chi connectivity index (χ2v) is 8.91. The molecule has 0 amide bonds. The molecule has 110 valence electrons. The molecule has 19 heavy (non-hydrogen) atoms. The van der Waals surface area contributed by atoms with Crippen molar-refractivity contribution in [2.45, 2.75) is 79.6 Å². The van der Waals surface area contributed by atoms with Gasteiger partial charge in [0.05, 0.1) is 0 Å². The Bertz CT molecular complexity index is 342. The van der Waals surface area contributed by atoms with E-state index >= 15 is 0 Å². The van der Waals surface area contributed by atoms with Crippen LogP contribution >= 0.6 is 0 Å². The topological polar surface area (TPSA) is 0 Å². The molecule has 3 saturated carbocycles. The van der Waals surface area contributed by atoms with Crippen molar-refractivity contribution in [3.8, 4) is 0 Å². The van der Waals surface area contributed by atoms with Gasteiger partial charge in [0.15, 0.2) is 0 Å². The lowest BCUT2D eigenvalue weighted by Crippen LogP contribution is -2.29. The molecule has 0 radical (unpaired) electrons. The Morgan fingerprint density at radius 1 is 0.895 bits per heavy atom. The minimum absolute atomic E-state index is 0.597. The third kappa shape index (κ3) is 1.84. The molecule has 0 aromatic carbocycles. The first kappa shape index (κ1) is 14.0. The monoisotopic (exact) mass is 262 g/mol. The smallest absolute Gasteiger partial charge is 0.0289 e. The quantitative estimate of drug-likeness (QED) is 0.580. The standard InChI is InChI=1S/C19H34/c1-6-13-14-10-8-9-11-15(14)16-17(13)19(5,7-2)12-18(16,3)4/h13-17H,6-12H2,1-5H3. The molecule has 0 bridgehead atoms. The number of fused-ring (bicyclic) bond motifs is 3. The summed E-state index contributed by atoms with van der Waals surface area (Å²) in [5.41, 5.74) is 1.23. The lowest BCUT2D eigenvalue weighted by Gasteiger charge is -2.38. The summed E-state index contributed by atoms with van der Waals surface area (Å²) in [4.78, 5) is 0. The van der Waals surface area contributed by atoms with Gasteiger partial charge in [-0.1, -0.05) is 60.3 Å². The van der Waals surface area contributed by atoms with Crippen LogP contribution < -0.4 is 0 Å². The average Bonchev–Trinajstić information content (AvgIpc) is 2.82. The van der Waals surface area contributed by atoms with Crippen molar-refractivity contribution in [1.82, 2.24) is 0 Å². The summed E-state index contributed by atoms with van der Waals surface area (Å²) < 4.78 is 0. The van der Waals surface area contributed by atoms with Gasteiger partial charge in [0, 0.05) is 0 Å². The fourth-order valence-electron chi connectivity index (χ4n) is 7.17. The first-order chi connectivity index (χ1) is 8.94. The van der Waals surface area contributed by atoms with E-state index in [9.17, 15) is 0 Å². The molecule has 3 rings (SSSR count). The Hall–Kier alpha value is 0. The zero-order chi connectivity index (χ0) is 13.8. The van der Waals surface area contributed by atoms with E-state index in [4.69, 9.17) is 0 Å². The number of rotatable bonds is 2. The van der Waals surface area contributed by atoms with Gasteiger partial charge in [0.2, 0.25) is 0 Å². The lowest BCUT2D eigenvalue weighted by atomic mass is 9.67. The molecule has 3 aliphatic carbocycles. The minimum atomic E-state index is 0.597. The van der Waals surface area contributed by atoms with Crippen LogP contribution in [0.3, 0.4) is 0 Å². The van der Waals surface area contributed by atoms with Crippen molar-refractivity contribution in [2.24, 2.45) is 40.4 Å². The first-order valence-electron chi connectivity index (χ1n) is 8.94. The molecule has 0 saturated heterocycles. The van der Waals surface area contributed by atoms with Crippen molar-refractivity contribution >= 4 is 0 Å². The molecule has 0 aliphatic heterocycles. The van der Waals surface area contributed by atoms with Crippen molar-refractivity contribution in [3.63, 3.8) is 0 Å². The minimum Gasteiger partial charge on any atom is -0.0651 e. The normalized spacial score (nSPS) is 51.9. The van der Waals surface area contributed by atoms with E-state index in [1.54, 1.807) is 12.8 Å². The SMILES string of the molecule is CCC1C2CCCCC2C2C1C(C)(CC)CC2(C)C. The summed E-state index contributed by atoms with van der Waals surface area (Å²) >= 11 is 0. The maximum atomic E-state index is 2.62. The Labute approximate surface area is 120 Å². The highest BCUT2D eigenvalue weighted by Crippen LogP contribution is 2.71. The van der Waals surface area contributed by atoms with Gasteiger partial charge in [0.25, 0.3) is 0 Å². The Kier molecular flexibility index (Phi) is 3.31. The van der Waals surface area contributed by atoms with E-state index in [0.717, 1.165) is 29.6 Å². The molecule has 6 unspecified atom stereocenters. The molecule has 6 atom stereocenters. The van der Waals surface area contributed by atoms with E-state index < -0.39 is 0 Å². The fourth-order valence-corrected chi connectivity index (χ4v) is 7.17. The van der Waals surface area contributed by atoms with Crippen molar-refractivity contribution in [1.29, 1.82) is 0 Å². The van der Waals surface area contributed by atoms with Crippen molar-refractivity contribution < 1.29 is 0 Å². The van der Waals surface area contributed by atoms with Crippen LogP contribution in [0.15, 0.2) is 0 Å². The van der Waals surface area contributed by atoms with Crippen LogP contribution in [-0.4, -0.2) is 0 Å². The largest absolute Gasteiger partial charge is 0.0651 e. The maximum absolute atomic E-state index is 2.62. The van der Waals surface area contributed by atoms with Crippen LogP contribution in [0.5, 0.6) is 0 Å². The van der Waals surface area contributed by atoms with Gasteiger partial charge in [-0.25, -0.2) is 0 Å². The summed E-state index contributed by atoms with van der Waals surface area (Å²) in [6.07, 6.45) is 10.4. The van der Waals surface area contributed by atoms with Gasteiger partial charge in [0.1, 0.15) is 0 Å². The second-order valence-electron chi connectivity index (χ2n) is 8.91. The first-order valence-corrected chi connectivity index (χ1v) is 8.94. The van der Waals surface area contributed by atoms with Crippen LogP contribution in [0.1, 0.15) is 79.6 Å². The maximum Gasteiger partial charge on any atom is -0.0289 e. The van der Waals surface area contributed by atoms with Crippen molar-refractivity contribution in [2.75, 3.05) is 0 Å². The van der Waals surface area contributed by atoms with Gasteiger partial charge in [-0.05, 0) is 59.7 Å². The lowest BCUT2D eigenvalue weighted by molar-refractivity contribution is 0.115. The summed E-state index contributed by atoms with van der Waals surface area (Å²) in [6, 6.07) is 0. The van der Waals surface area contributed by atoms with Crippen molar-refractivity contribution in [3.05, 3.63) is 0 Å². The highest BCUT2D eigenvalue weighted by Gasteiger charge is 2.64. The molecule has 0 aromatic rings. The molecule has 0 nitrogen and oxygen atoms in total. The summed E-state index contributed by atoms with van der Waals surface area (Å²) in [6.45, 7) is 12.7. The zero-order valence-corrected chi connectivity index (χ0v) is 13.8. The Morgan fingerprint density at radius 2 is 1.53 bits per heavy atom. The highest BCUT2D eigenvalue weighted by molar-refractivity contribution is 5.12. The molecule has 3 fully saturated rings. The molecular formula is C19H34. The molecule has 0 spiro atoms. The molecular weight excluding hydrogens is 228 g/mol. The third-order valence-corrected chi connectivity index (χ3v) is 7.58. The Morgan fingerprint density at radius 3 is 2.11 bits per heavy atom. The summed E-state index contributed by atoms with van der Waals surface area (Å²) in [5, 5.41) is 0. The van der Waals surface area contributed by atoms with Crippen LogP contribution in [0, 0.1) is 40.4 Å². The van der Waals surface area contributed by atoms with Gasteiger partial charge in [-0.2, -0.15) is 0 Å². The molecule has 0 heterocycles. The molecule has 0 heteroatoms. The van der Waals surface area contributed by atoms with Gasteiger partial charge >= 0.3 is 0 Å². The van der Waals surface area contributed by atoms with E-state index in [1.807, 2.05) is 0 Å². The summed E-state index contributed by atoms with van der Waals surface area (Å²) in [5.74, 6) is 5.27. The number of hydrogen-bond acceptors (Lipinski definition) is 0.